The lowest BCUT2D eigenvalue weighted by Crippen LogP contribution is -2.58. The van der Waals surface area contributed by atoms with Crippen LogP contribution in [0.25, 0.3) is 0 Å². The van der Waals surface area contributed by atoms with Gasteiger partial charge < -0.3 is 15.8 Å². The van der Waals surface area contributed by atoms with Gasteiger partial charge in [0.2, 0.25) is 0 Å². The van der Waals surface area contributed by atoms with Crippen LogP contribution < -0.4 is 11.1 Å². The van der Waals surface area contributed by atoms with E-state index in [2.05, 4.69) is 29.1 Å². The quantitative estimate of drug-likeness (QED) is 0.832. The highest BCUT2D eigenvalue weighted by molar-refractivity contribution is 5.40. The standard InChI is InChI=1S/C12H20N4O/c1-4-17-9-5-8(12(9,2)3)15-11-7-14-6-10(13)16-11/h6-9H,4-5H2,1-3H3,(H3,13,15,16). The van der Waals surface area contributed by atoms with Crippen LogP contribution in [0.2, 0.25) is 0 Å². The number of nitrogens with one attached hydrogen (secondary N) is 1. The summed E-state index contributed by atoms with van der Waals surface area (Å²) in [5.74, 6) is 1.17. The second-order valence-corrected chi connectivity index (χ2v) is 5.03. The molecule has 1 aliphatic rings. The first kappa shape index (κ1) is 12.1. The number of hydrogen-bond donors (Lipinski definition) is 2. The van der Waals surface area contributed by atoms with Crippen molar-refractivity contribution < 1.29 is 4.74 Å². The number of nitrogen functional groups attached to an aromatic ring is 1. The van der Waals surface area contributed by atoms with Crippen LogP contribution in [-0.4, -0.2) is 28.7 Å². The van der Waals surface area contributed by atoms with E-state index in [1.54, 1.807) is 12.4 Å². The Morgan fingerprint density at radius 3 is 2.88 bits per heavy atom. The largest absolute Gasteiger partial charge is 0.382 e. The summed E-state index contributed by atoms with van der Waals surface area (Å²) in [6.45, 7) is 7.20. The monoisotopic (exact) mass is 236 g/mol. The van der Waals surface area contributed by atoms with Gasteiger partial charge in [0.15, 0.2) is 0 Å². The number of aromatic nitrogens is 2. The van der Waals surface area contributed by atoms with E-state index in [9.17, 15) is 0 Å². The Kier molecular flexibility index (Phi) is 3.19. The number of rotatable bonds is 4. The fraction of sp³-hybridized carbons (Fsp3) is 0.667. The molecule has 2 atom stereocenters. The van der Waals surface area contributed by atoms with Crippen LogP contribution in [0, 0.1) is 5.41 Å². The molecule has 1 heterocycles. The molecular weight excluding hydrogens is 216 g/mol. The normalized spacial score (nSPS) is 26.3. The van der Waals surface area contributed by atoms with Gasteiger partial charge in [-0.05, 0) is 13.3 Å². The van der Waals surface area contributed by atoms with E-state index >= 15 is 0 Å². The minimum Gasteiger partial charge on any atom is -0.382 e. The summed E-state index contributed by atoms with van der Waals surface area (Å²) < 4.78 is 5.68. The lowest BCUT2D eigenvalue weighted by molar-refractivity contribution is -0.0976. The van der Waals surface area contributed by atoms with Gasteiger partial charge in [-0.15, -0.1) is 0 Å². The van der Waals surface area contributed by atoms with E-state index < -0.39 is 0 Å². The first-order valence-corrected chi connectivity index (χ1v) is 5.99. The van der Waals surface area contributed by atoms with Crippen molar-refractivity contribution >= 4 is 11.6 Å². The Morgan fingerprint density at radius 1 is 1.53 bits per heavy atom. The zero-order valence-corrected chi connectivity index (χ0v) is 10.6. The Morgan fingerprint density at radius 2 is 2.29 bits per heavy atom. The molecule has 1 aliphatic carbocycles. The predicted molar refractivity (Wildman–Crippen MR) is 67.7 cm³/mol. The predicted octanol–water partition coefficient (Wildman–Crippen LogP) is 1.67. The van der Waals surface area contributed by atoms with Gasteiger partial charge in [-0.3, -0.25) is 4.98 Å². The first-order valence-electron chi connectivity index (χ1n) is 5.99. The van der Waals surface area contributed by atoms with Gasteiger partial charge in [0.05, 0.1) is 18.5 Å². The summed E-state index contributed by atoms with van der Waals surface area (Å²) in [6, 6.07) is 0.357. The number of anilines is 2. The molecule has 17 heavy (non-hydrogen) atoms. The minimum atomic E-state index is 0.113. The van der Waals surface area contributed by atoms with E-state index in [1.807, 2.05) is 6.92 Å². The van der Waals surface area contributed by atoms with E-state index in [1.165, 1.54) is 0 Å². The molecule has 1 aromatic heterocycles. The zero-order chi connectivity index (χ0) is 12.5. The van der Waals surface area contributed by atoms with Crippen molar-refractivity contribution in [1.29, 1.82) is 0 Å². The Labute approximate surface area is 102 Å². The second kappa shape index (κ2) is 4.49. The van der Waals surface area contributed by atoms with E-state index in [0.717, 1.165) is 18.8 Å². The van der Waals surface area contributed by atoms with Gasteiger partial charge in [0, 0.05) is 18.1 Å². The van der Waals surface area contributed by atoms with Gasteiger partial charge in [-0.2, -0.15) is 0 Å². The summed E-state index contributed by atoms with van der Waals surface area (Å²) in [6.07, 6.45) is 4.55. The lowest BCUT2D eigenvalue weighted by Gasteiger charge is -2.51. The minimum absolute atomic E-state index is 0.113. The van der Waals surface area contributed by atoms with Crippen LogP contribution >= 0.6 is 0 Å². The average Bonchev–Trinajstić information content (AvgIpc) is 2.28. The van der Waals surface area contributed by atoms with Crippen molar-refractivity contribution in [2.45, 2.75) is 39.3 Å². The van der Waals surface area contributed by atoms with Gasteiger partial charge >= 0.3 is 0 Å². The third kappa shape index (κ3) is 2.34. The number of nitrogens with two attached hydrogens (primary N) is 1. The Hall–Kier alpha value is -1.36. The fourth-order valence-electron chi connectivity index (χ4n) is 2.24. The maximum absolute atomic E-state index is 5.68. The number of nitrogens with zero attached hydrogens (tertiary/aromatic N) is 2. The summed E-state index contributed by atoms with van der Waals surface area (Å²) >= 11 is 0. The van der Waals surface area contributed by atoms with Gasteiger partial charge in [0.25, 0.3) is 0 Å². The third-order valence-electron chi connectivity index (χ3n) is 3.52. The molecule has 5 heteroatoms. The molecule has 2 rings (SSSR count). The molecule has 0 radical (unpaired) electrons. The van der Waals surface area contributed by atoms with Crippen molar-refractivity contribution in [3.8, 4) is 0 Å². The van der Waals surface area contributed by atoms with E-state index in [-0.39, 0.29) is 5.41 Å². The molecule has 0 aliphatic heterocycles. The van der Waals surface area contributed by atoms with Crippen LogP contribution in [0.5, 0.6) is 0 Å². The van der Waals surface area contributed by atoms with Crippen LogP contribution in [-0.2, 0) is 4.74 Å². The summed E-state index contributed by atoms with van der Waals surface area (Å²) in [5, 5.41) is 3.36. The summed E-state index contributed by atoms with van der Waals surface area (Å²) in [5.41, 5.74) is 5.71. The molecule has 0 spiro atoms. The van der Waals surface area contributed by atoms with Gasteiger partial charge in [-0.25, -0.2) is 4.98 Å². The molecule has 0 aromatic carbocycles. The van der Waals surface area contributed by atoms with Crippen LogP contribution in [0.4, 0.5) is 11.6 Å². The van der Waals surface area contributed by atoms with Gasteiger partial charge in [-0.1, -0.05) is 13.8 Å². The summed E-state index contributed by atoms with van der Waals surface area (Å²) in [4.78, 5) is 8.21. The molecule has 2 unspecified atom stereocenters. The molecule has 1 aromatic rings. The van der Waals surface area contributed by atoms with E-state index in [0.29, 0.717) is 18.0 Å². The zero-order valence-electron chi connectivity index (χ0n) is 10.6. The molecular formula is C12H20N4O. The van der Waals surface area contributed by atoms with Crippen molar-refractivity contribution in [2.75, 3.05) is 17.7 Å². The molecule has 1 saturated carbocycles. The maximum Gasteiger partial charge on any atom is 0.147 e. The van der Waals surface area contributed by atoms with E-state index in [4.69, 9.17) is 10.5 Å². The third-order valence-corrected chi connectivity index (χ3v) is 3.52. The molecule has 0 bridgehead atoms. The van der Waals surface area contributed by atoms with Crippen molar-refractivity contribution in [3.05, 3.63) is 12.4 Å². The number of hydrogen-bond acceptors (Lipinski definition) is 5. The Bertz CT molecular complexity index is 394. The molecule has 0 saturated heterocycles. The molecule has 3 N–H and O–H groups in total. The van der Waals surface area contributed by atoms with Crippen LogP contribution in [0.15, 0.2) is 12.4 Å². The highest BCUT2D eigenvalue weighted by Gasteiger charge is 2.49. The van der Waals surface area contributed by atoms with Crippen molar-refractivity contribution in [2.24, 2.45) is 5.41 Å². The van der Waals surface area contributed by atoms with Crippen molar-refractivity contribution in [3.63, 3.8) is 0 Å². The first-order chi connectivity index (χ1) is 8.04. The highest BCUT2D eigenvalue weighted by atomic mass is 16.5. The lowest BCUT2D eigenvalue weighted by atomic mass is 9.64. The SMILES string of the molecule is CCOC1CC(Nc2cncc(N)n2)C1(C)C. The average molecular weight is 236 g/mol. The van der Waals surface area contributed by atoms with Crippen LogP contribution in [0.3, 0.4) is 0 Å². The smallest absolute Gasteiger partial charge is 0.147 e. The highest BCUT2D eigenvalue weighted by Crippen LogP contribution is 2.44. The summed E-state index contributed by atoms with van der Waals surface area (Å²) in [7, 11) is 0. The molecule has 1 fully saturated rings. The van der Waals surface area contributed by atoms with Crippen molar-refractivity contribution in [1.82, 2.24) is 9.97 Å². The Balaban J connectivity index is 1.98. The molecule has 0 amide bonds. The fourth-order valence-corrected chi connectivity index (χ4v) is 2.24. The van der Waals surface area contributed by atoms with Crippen LogP contribution in [0.1, 0.15) is 27.2 Å². The topological polar surface area (TPSA) is 73.1 Å². The second-order valence-electron chi connectivity index (χ2n) is 5.03. The molecule has 5 nitrogen and oxygen atoms in total. The number of ether oxygens (including phenoxy) is 1. The maximum atomic E-state index is 5.68. The van der Waals surface area contributed by atoms with Gasteiger partial charge in [0.1, 0.15) is 11.6 Å². The molecule has 94 valence electrons.